The van der Waals surface area contributed by atoms with Crippen LogP contribution in [0.1, 0.15) is 32.1 Å². The minimum absolute atomic E-state index is 0.154. The summed E-state index contributed by atoms with van der Waals surface area (Å²) in [7, 11) is 1.88. The van der Waals surface area contributed by atoms with E-state index < -0.39 is 5.97 Å². The lowest BCUT2D eigenvalue weighted by atomic mass is 10.1. The van der Waals surface area contributed by atoms with Gasteiger partial charge in [0.1, 0.15) is 0 Å². The third kappa shape index (κ3) is 3.14. The maximum absolute atomic E-state index is 12.2. The number of nitrogen functional groups attached to an aromatic ring is 1. The highest BCUT2D eigenvalue weighted by atomic mass is 35.5. The summed E-state index contributed by atoms with van der Waals surface area (Å²) < 4.78 is 6.95. The van der Waals surface area contributed by atoms with Crippen molar-refractivity contribution in [2.75, 3.05) is 12.3 Å². The number of esters is 1. The predicted molar refractivity (Wildman–Crippen MR) is 85.4 cm³/mol. The average Bonchev–Trinajstić information content (AvgIpc) is 2.74. The number of aryl methyl sites for hydroxylation is 1. The number of rotatable bonds is 4. The number of hydrogen-bond donors (Lipinski definition) is 1. The van der Waals surface area contributed by atoms with E-state index >= 15 is 0 Å². The quantitative estimate of drug-likeness (QED) is 0.534. The molecule has 0 saturated heterocycles. The van der Waals surface area contributed by atoms with Crippen LogP contribution in [0.15, 0.2) is 24.3 Å². The number of halogens is 1. The first-order valence-corrected chi connectivity index (χ1v) is 7.07. The lowest BCUT2D eigenvalue weighted by Crippen LogP contribution is -2.16. The van der Waals surface area contributed by atoms with E-state index in [0.29, 0.717) is 10.6 Å². The Morgan fingerprint density at radius 1 is 1.23 bits per heavy atom. The van der Waals surface area contributed by atoms with Crippen molar-refractivity contribution in [2.45, 2.75) is 13.8 Å². The highest BCUT2D eigenvalue weighted by Crippen LogP contribution is 2.19. The smallest absolute Gasteiger partial charge is 0.340 e. The van der Waals surface area contributed by atoms with E-state index in [1.165, 1.54) is 12.1 Å². The lowest BCUT2D eigenvalue weighted by Gasteiger charge is -2.07. The maximum atomic E-state index is 12.2. The Bertz CT molecular complexity index is 750. The van der Waals surface area contributed by atoms with E-state index in [4.69, 9.17) is 22.1 Å². The van der Waals surface area contributed by atoms with E-state index in [1.807, 2.05) is 25.5 Å². The summed E-state index contributed by atoms with van der Waals surface area (Å²) in [6, 6.07) is 6.29. The Hall–Kier alpha value is -2.27. The summed E-state index contributed by atoms with van der Waals surface area (Å²) in [5.41, 5.74) is 8.47. The zero-order valence-corrected chi connectivity index (χ0v) is 13.4. The maximum Gasteiger partial charge on any atom is 0.340 e. The number of hydrogen-bond acceptors (Lipinski definition) is 4. The normalized spacial score (nSPS) is 10.5. The molecule has 0 unspecified atom stereocenters. The van der Waals surface area contributed by atoms with Crippen LogP contribution in [0.5, 0.6) is 0 Å². The van der Waals surface area contributed by atoms with Crippen molar-refractivity contribution < 1.29 is 14.3 Å². The minimum Gasteiger partial charge on any atom is -0.454 e. The molecule has 0 spiro atoms. The summed E-state index contributed by atoms with van der Waals surface area (Å²) >= 11 is 5.83. The molecule has 0 saturated carbocycles. The molecule has 5 nitrogen and oxygen atoms in total. The van der Waals surface area contributed by atoms with Crippen molar-refractivity contribution in [1.82, 2.24) is 4.57 Å². The van der Waals surface area contributed by atoms with Crippen LogP contribution in [-0.4, -0.2) is 22.9 Å². The molecular formula is C16H17ClN2O3. The highest BCUT2D eigenvalue weighted by Gasteiger charge is 2.18. The van der Waals surface area contributed by atoms with Crippen LogP contribution >= 0.6 is 11.6 Å². The molecule has 0 amide bonds. The van der Waals surface area contributed by atoms with Crippen molar-refractivity contribution in [1.29, 1.82) is 0 Å². The molecule has 2 rings (SSSR count). The van der Waals surface area contributed by atoms with Crippen molar-refractivity contribution in [3.05, 3.63) is 51.8 Å². The van der Waals surface area contributed by atoms with Gasteiger partial charge in [0.25, 0.3) is 0 Å². The predicted octanol–water partition coefficient (Wildman–Crippen LogP) is 2.92. The molecule has 6 heteroatoms. The average molecular weight is 321 g/mol. The molecule has 0 radical (unpaired) electrons. The lowest BCUT2D eigenvalue weighted by molar-refractivity contribution is 0.0475. The van der Waals surface area contributed by atoms with Crippen LogP contribution in [0, 0.1) is 13.8 Å². The number of Topliss-reactive ketones (excluding diaryl/α,β-unsaturated/α-hetero) is 1. The Morgan fingerprint density at radius 2 is 1.91 bits per heavy atom. The van der Waals surface area contributed by atoms with Gasteiger partial charge < -0.3 is 15.0 Å². The molecule has 0 atom stereocenters. The molecule has 0 aliphatic heterocycles. The van der Waals surface area contributed by atoms with Crippen molar-refractivity contribution in [2.24, 2.45) is 7.05 Å². The second kappa shape index (κ2) is 6.23. The fourth-order valence-electron chi connectivity index (χ4n) is 2.13. The topological polar surface area (TPSA) is 74.3 Å². The first kappa shape index (κ1) is 16.1. The number of ether oxygens (including phenoxy) is 1. The third-order valence-corrected chi connectivity index (χ3v) is 3.88. The van der Waals surface area contributed by atoms with E-state index in [0.717, 1.165) is 11.4 Å². The molecule has 1 aromatic heterocycles. The van der Waals surface area contributed by atoms with Crippen LogP contribution in [0.3, 0.4) is 0 Å². The summed E-state index contributed by atoms with van der Waals surface area (Å²) in [5, 5.41) is 0.377. The van der Waals surface area contributed by atoms with Gasteiger partial charge >= 0.3 is 5.97 Å². The Balaban J connectivity index is 2.09. The van der Waals surface area contributed by atoms with Crippen LogP contribution in [0.25, 0.3) is 0 Å². The molecule has 22 heavy (non-hydrogen) atoms. The number of nitrogens with zero attached hydrogens (tertiary/aromatic N) is 1. The molecule has 0 bridgehead atoms. The molecule has 0 fully saturated rings. The van der Waals surface area contributed by atoms with Crippen molar-refractivity contribution in [3.63, 3.8) is 0 Å². The Kier molecular flexibility index (Phi) is 4.56. The molecule has 2 N–H and O–H groups in total. The zero-order chi connectivity index (χ0) is 16.4. The molecule has 0 aliphatic rings. The van der Waals surface area contributed by atoms with Crippen LogP contribution < -0.4 is 5.73 Å². The number of benzene rings is 1. The zero-order valence-electron chi connectivity index (χ0n) is 12.6. The first-order valence-electron chi connectivity index (χ1n) is 6.69. The number of nitrogens with two attached hydrogens (primary N) is 1. The van der Waals surface area contributed by atoms with Gasteiger partial charge in [0.15, 0.2) is 6.61 Å². The SMILES string of the molecule is Cc1cc(C(=O)COC(=O)c2cc(Cl)ccc2N)c(C)n1C. The fourth-order valence-corrected chi connectivity index (χ4v) is 2.30. The third-order valence-electron chi connectivity index (χ3n) is 3.65. The van der Waals surface area contributed by atoms with Gasteiger partial charge in [-0.3, -0.25) is 4.79 Å². The summed E-state index contributed by atoms with van der Waals surface area (Å²) in [6.45, 7) is 3.41. The van der Waals surface area contributed by atoms with Crippen LogP contribution in [0.2, 0.25) is 5.02 Å². The largest absolute Gasteiger partial charge is 0.454 e. The van der Waals surface area contributed by atoms with Crippen molar-refractivity contribution in [3.8, 4) is 0 Å². The van der Waals surface area contributed by atoms with Crippen molar-refractivity contribution >= 4 is 29.0 Å². The van der Waals surface area contributed by atoms with Gasteiger partial charge in [-0.1, -0.05) is 11.6 Å². The monoisotopic (exact) mass is 320 g/mol. The fraction of sp³-hybridized carbons (Fsp3) is 0.250. The summed E-state index contributed by atoms with van der Waals surface area (Å²) in [4.78, 5) is 24.2. The van der Waals surface area contributed by atoms with Gasteiger partial charge in [-0.2, -0.15) is 0 Å². The van der Waals surface area contributed by atoms with E-state index in [-0.39, 0.29) is 23.6 Å². The molecule has 1 aromatic carbocycles. The van der Waals surface area contributed by atoms with Gasteiger partial charge in [0, 0.05) is 34.7 Å². The second-order valence-electron chi connectivity index (χ2n) is 5.07. The van der Waals surface area contributed by atoms with Gasteiger partial charge in [0.2, 0.25) is 5.78 Å². The second-order valence-corrected chi connectivity index (χ2v) is 5.51. The van der Waals surface area contributed by atoms with E-state index in [1.54, 1.807) is 12.1 Å². The number of carbonyl (C=O) groups is 2. The summed E-state index contributed by atoms with van der Waals surface area (Å²) in [5.74, 6) is -0.922. The van der Waals surface area contributed by atoms with Crippen LogP contribution in [-0.2, 0) is 11.8 Å². The van der Waals surface area contributed by atoms with Gasteiger partial charge in [-0.05, 0) is 38.1 Å². The first-order chi connectivity index (χ1) is 10.3. The molecular weight excluding hydrogens is 304 g/mol. The highest BCUT2D eigenvalue weighted by molar-refractivity contribution is 6.31. The minimum atomic E-state index is -0.668. The standard InChI is InChI=1S/C16H17ClN2O3/c1-9-6-12(10(2)19(9)3)15(20)8-22-16(21)13-7-11(17)4-5-14(13)18/h4-7H,8,18H2,1-3H3. The summed E-state index contributed by atoms with van der Waals surface area (Å²) in [6.07, 6.45) is 0. The van der Waals surface area contributed by atoms with Crippen LogP contribution in [0.4, 0.5) is 5.69 Å². The molecule has 0 aliphatic carbocycles. The molecule has 116 valence electrons. The van der Waals surface area contributed by atoms with E-state index in [2.05, 4.69) is 0 Å². The van der Waals surface area contributed by atoms with Gasteiger partial charge in [0.05, 0.1) is 5.56 Å². The number of carbonyl (C=O) groups excluding carboxylic acids is 2. The molecule has 2 aromatic rings. The Morgan fingerprint density at radius 3 is 2.50 bits per heavy atom. The number of ketones is 1. The van der Waals surface area contributed by atoms with Gasteiger partial charge in [-0.15, -0.1) is 0 Å². The number of anilines is 1. The molecule has 1 heterocycles. The van der Waals surface area contributed by atoms with E-state index in [9.17, 15) is 9.59 Å². The Labute approximate surface area is 133 Å². The van der Waals surface area contributed by atoms with Gasteiger partial charge in [-0.25, -0.2) is 4.79 Å². The number of aromatic nitrogens is 1.